The molecule has 2 rings (SSSR count). The van der Waals surface area contributed by atoms with Crippen LogP contribution in [-0.4, -0.2) is 55.7 Å². The first-order chi connectivity index (χ1) is 11.0. The number of amides is 1. The highest BCUT2D eigenvalue weighted by Gasteiger charge is 2.23. The Hall–Kier alpha value is -1.66. The number of H-pyrrole nitrogens is 1. The summed E-state index contributed by atoms with van der Waals surface area (Å²) in [6.45, 7) is 8.33. The highest BCUT2D eigenvalue weighted by Crippen LogP contribution is 2.17. The van der Waals surface area contributed by atoms with Crippen LogP contribution >= 0.6 is 0 Å². The van der Waals surface area contributed by atoms with E-state index in [2.05, 4.69) is 15.2 Å². The fourth-order valence-electron chi connectivity index (χ4n) is 2.98. The lowest BCUT2D eigenvalue weighted by molar-refractivity contribution is 0.0945. The van der Waals surface area contributed by atoms with E-state index in [1.807, 2.05) is 13.8 Å². The Morgan fingerprint density at radius 3 is 2.96 bits per heavy atom. The molecule has 0 saturated carbocycles. The largest absolute Gasteiger partial charge is 0.383 e. The number of carbonyl (C=O) groups is 1. The molecule has 1 amide bonds. The normalized spacial score (nSPS) is 18.5. The van der Waals surface area contributed by atoms with Gasteiger partial charge in [-0.05, 0) is 30.9 Å². The molecule has 0 aliphatic carbocycles. The number of carbonyl (C=O) groups excluding carboxylic acids is 1. The molecule has 1 unspecified atom stereocenters. The van der Waals surface area contributed by atoms with Crippen molar-refractivity contribution in [1.29, 1.82) is 0 Å². The van der Waals surface area contributed by atoms with Gasteiger partial charge in [-0.3, -0.25) is 9.59 Å². The van der Waals surface area contributed by atoms with Gasteiger partial charge in [-0.15, -0.1) is 0 Å². The third-order valence-corrected chi connectivity index (χ3v) is 4.30. The smallest absolute Gasteiger partial charge is 0.253 e. The van der Waals surface area contributed by atoms with Crippen LogP contribution in [0.4, 0.5) is 0 Å². The molecule has 6 heteroatoms. The van der Waals surface area contributed by atoms with E-state index >= 15 is 0 Å². The van der Waals surface area contributed by atoms with Gasteiger partial charge >= 0.3 is 0 Å². The SMILES string of the molecule is COCCN1CCC(CNC(=O)c2ccc(=O)[nH]c2C(C)C)C1. The summed E-state index contributed by atoms with van der Waals surface area (Å²) in [5.41, 5.74) is 1.09. The molecule has 128 valence electrons. The molecule has 0 spiro atoms. The van der Waals surface area contributed by atoms with Gasteiger partial charge in [0.15, 0.2) is 0 Å². The zero-order valence-electron chi connectivity index (χ0n) is 14.2. The molecule has 2 N–H and O–H groups in total. The Labute approximate surface area is 137 Å². The Kier molecular flexibility index (Phi) is 6.36. The van der Waals surface area contributed by atoms with E-state index in [0.717, 1.165) is 32.7 Å². The highest BCUT2D eigenvalue weighted by molar-refractivity contribution is 5.95. The minimum atomic E-state index is -0.171. The number of hydrogen-bond donors (Lipinski definition) is 2. The molecule has 0 aromatic carbocycles. The van der Waals surface area contributed by atoms with E-state index in [0.29, 0.717) is 23.7 Å². The highest BCUT2D eigenvalue weighted by atomic mass is 16.5. The first-order valence-electron chi connectivity index (χ1n) is 8.24. The maximum atomic E-state index is 12.4. The Bertz CT molecular complexity index is 583. The van der Waals surface area contributed by atoms with E-state index < -0.39 is 0 Å². The molecule has 23 heavy (non-hydrogen) atoms. The number of aromatic amines is 1. The molecule has 2 heterocycles. The number of likely N-dealkylation sites (tertiary alicyclic amines) is 1. The van der Waals surface area contributed by atoms with Crippen molar-refractivity contribution in [3.05, 3.63) is 33.7 Å². The summed E-state index contributed by atoms with van der Waals surface area (Å²) in [4.78, 5) is 29.0. The third kappa shape index (κ3) is 4.91. The van der Waals surface area contributed by atoms with Crippen LogP contribution in [0.2, 0.25) is 0 Å². The Morgan fingerprint density at radius 2 is 2.26 bits per heavy atom. The van der Waals surface area contributed by atoms with E-state index in [9.17, 15) is 9.59 Å². The van der Waals surface area contributed by atoms with Crippen LogP contribution < -0.4 is 10.9 Å². The van der Waals surface area contributed by atoms with Crippen molar-refractivity contribution in [2.24, 2.45) is 5.92 Å². The summed E-state index contributed by atoms with van der Waals surface area (Å²) in [6, 6.07) is 3.02. The Morgan fingerprint density at radius 1 is 1.48 bits per heavy atom. The number of aromatic nitrogens is 1. The molecule has 1 saturated heterocycles. The quantitative estimate of drug-likeness (QED) is 0.791. The van der Waals surface area contributed by atoms with Crippen molar-refractivity contribution in [2.75, 3.05) is 39.9 Å². The fourth-order valence-corrected chi connectivity index (χ4v) is 2.98. The van der Waals surface area contributed by atoms with E-state index in [4.69, 9.17) is 4.74 Å². The van der Waals surface area contributed by atoms with Gasteiger partial charge in [0.2, 0.25) is 5.56 Å². The van der Waals surface area contributed by atoms with Crippen molar-refractivity contribution in [2.45, 2.75) is 26.2 Å². The van der Waals surface area contributed by atoms with Crippen molar-refractivity contribution < 1.29 is 9.53 Å². The van der Waals surface area contributed by atoms with Gasteiger partial charge in [0, 0.05) is 38.5 Å². The average molecular weight is 321 g/mol. The molecule has 0 radical (unpaired) electrons. The van der Waals surface area contributed by atoms with Crippen LogP contribution in [0.25, 0.3) is 0 Å². The first-order valence-corrected chi connectivity index (χ1v) is 8.24. The van der Waals surface area contributed by atoms with Crippen LogP contribution in [0, 0.1) is 5.92 Å². The van der Waals surface area contributed by atoms with Crippen molar-refractivity contribution in [1.82, 2.24) is 15.2 Å². The van der Waals surface area contributed by atoms with E-state index in [1.54, 1.807) is 13.2 Å². The summed E-state index contributed by atoms with van der Waals surface area (Å²) in [7, 11) is 1.71. The summed E-state index contributed by atoms with van der Waals surface area (Å²) in [6.07, 6.45) is 1.09. The topological polar surface area (TPSA) is 74.4 Å². The zero-order chi connectivity index (χ0) is 16.8. The molecule has 1 fully saturated rings. The number of nitrogens with zero attached hydrogens (tertiary/aromatic N) is 1. The molecule has 1 aromatic rings. The summed E-state index contributed by atoms with van der Waals surface area (Å²) >= 11 is 0. The second-order valence-electron chi connectivity index (χ2n) is 6.46. The van der Waals surface area contributed by atoms with Gasteiger partial charge in [0.05, 0.1) is 12.2 Å². The number of methoxy groups -OCH3 is 1. The van der Waals surface area contributed by atoms with Gasteiger partial charge in [-0.2, -0.15) is 0 Å². The zero-order valence-corrected chi connectivity index (χ0v) is 14.2. The number of nitrogens with one attached hydrogen (secondary N) is 2. The molecule has 1 aromatic heterocycles. The van der Waals surface area contributed by atoms with Crippen LogP contribution in [0.3, 0.4) is 0 Å². The lowest BCUT2D eigenvalue weighted by Gasteiger charge is -2.16. The summed E-state index contributed by atoms with van der Waals surface area (Å²) in [5, 5.41) is 3.01. The van der Waals surface area contributed by atoms with E-state index in [-0.39, 0.29) is 17.4 Å². The summed E-state index contributed by atoms with van der Waals surface area (Å²) in [5.74, 6) is 0.460. The molecule has 1 atom stereocenters. The lowest BCUT2D eigenvalue weighted by atomic mass is 10.0. The molecule has 1 aliphatic heterocycles. The second-order valence-corrected chi connectivity index (χ2v) is 6.46. The van der Waals surface area contributed by atoms with Crippen molar-refractivity contribution in [3.63, 3.8) is 0 Å². The van der Waals surface area contributed by atoms with Crippen LogP contribution in [0.1, 0.15) is 42.2 Å². The van der Waals surface area contributed by atoms with Gasteiger partial charge in [-0.1, -0.05) is 13.8 Å². The molecular weight excluding hydrogens is 294 g/mol. The Balaban J connectivity index is 1.90. The standard InChI is InChI=1S/C17H27N3O3/c1-12(2)16-14(4-5-15(21)19-16)17(22)18-10-13-6-7-20(11-13)8-9-23-3/h4-5,12-13H,6-11H2,1-3H3,(H,18,22)(H,19,21). The fraction of sp³-hybridized carbons (Fsp3) is 0.647. The lowest BCUT2D eigenvalue weighted by Crippen LogP contribution is -2.33. The minimum absolute atomic E-state index is 0.0978. The van der Waals surface area contributed by atoms with Crippen LogP contribution in [0.5, 0.6) is 0 Å². The maximum absolute atomic E-state index is 12.4. The van der Waals surface area contributed by atoms with Crippen molar-refractivity contribution >= 4 is 5.91 Å². The molecule has 6 nitrogen and oxygen atoms in total. The summed E-state index contributed by atoms with van der Waals surface area (Å²) < 4.78 is 5.10. The minimum Gasteiger partial charge on any atom is -0.383 e. The van der Waals surface area contributed by atoms with Gasteiger partial charge in [0.25, 0.3) is 5.91 Å². The van der Waals surface area contributed by atoms with E-state index in [1.165, 1.54) is 6.07 Å². The van der Waals surface area contributed by atoms with Gasteiger partial charge in [-0.25, -0.2) is 0 Å². The number of pyridine rings is 1. The molecule has 1 aliphatic rings. The molecular formula is C17H27N3O3. The van der Waals surface area contributed by atoms with Crippen LogP contribution in [-0.2, 0) is 4.74 Å². The third-order valence-electron chi connectivity index (χ3n) is 4.30. The first kappa shape index (κ1) is 17.7. The van der Waals surface area contributed by atoms with Gasteiger partial charge < -0.3 is 19.9 Å². The maximum Gasteiger partial charge on any atom is 0.253 e. The van der Waals surface area contributed by atoms with Crippen molar-refractivity contribution in [3.8, 4) is 0 Å². The molecule has 0 bridgehead atoms. The predicted octanol–water partition coefficient (Wildman–Crippen LogP) is 1.20. The van der Waals surface area contributed by atoms with Crippen LogP contribution in [0.15, 0.2) is 16.9 Å². The monoisotopic (exact) mass is 321 g/mol. The van der Waals surface area contributed by atoms with Gasteiger partial charge in [0.1, 0.15) is 0 Å². The number of rotatable bonds is 7. The number of hydrogen-bond acceptors (Lipinski definition) is 4. The average Bonchev–Trinajstić information content (AvgIpc) is 2.98. The second kappa shape index (κ2) is 8.26. The number of ether oxygens (including phenoxy) is 1. The predicted molar refractivity (Wildman–Crippen MR) is 89.9 cm³/mol.